The van der Waals surface area contributed by atoms with E-state index in [4.69, 9.17) is 16.3 Å². The average molecular weight is 384 g/mol. The van der Waals surface area contributed by atoms with Gasteiger partial charge >= 0.3 is 0 Å². The van der Waals surface area contributed by atoms with Gasteiger partial charge in [-0.1, -0.05) is 11.6 Å². The molecule has 1 aliphatic heterocycles. The Morgan fingerprint density at radius 3 is 2.77 bits per heavy atom. The Bertz CT molecular complexity index is 623. The van der Waals surface area contributed by atoms with E-state index in [9.17, 15) is 4.79 Å². The van der Waals surface area contributed by atoms with E-state index in [-0.39, 0.29) is 18.6 Å². The van der Waals surface area contributed by atoms with Crippen molar-refractivity contribution in [3.05, 3.63) is 23.0 Å². The zero-order chi connectivity index (χ0) is 19.1. The third kappa shape index (κ3) is 6.21. The molecule has 1 saturated heterocycles. The van der Waals surface area contributed by atoms with E-state index < -0.39 is 0 Å². The molecule has 0 aliphatic carbocycles. The highest BCUT2D eigenvalue weighted by atomic mass is 35.5. The molecule has 146 valence electrons. The summed E-state index contributed by atoms with van der Waals surface area (Å²) >= 11 is 6.08. The van der Waals surface area contributed by atoms with Gasteiger partial charge in [0.15, 0.2) is 5.96 Å². The molecule has 0 aromatic carbocycles. The molecule has 1 unspecified atom stereocenters. The Morgan fingerprint density at radius 2 is 2.19 bits per heavy atom. The zero-order valence-electron chi connectivity index (χ0n) is 16.2. The van der Waals surface area contributed by atoms with Gasteiger partial charge in [-0.2, -0.15) is 0 Å². The summed E-state index contributed by atoms with van der Waals surface area (Å²) < 4.78 is 7.77. The summed E-state index contributed by atoms with van der Waals surface area (Å²) in [5.74, 6) is 0.653. The first-order chi connectivity index (χ1) is 12.4. The van der Waals surface area contributed by atoms with Crippen LogP contribution in [0.3, 0.4) is 0 Å². The number of nitrogens with zero attached hydrogens (tertiary/aromatic N) is 4. The van der Waals surface area contributed by atoms with Crippen molar-refractivity contribution < 1.29 is 9.53 Å². The van der Waals surface area contributed by atoms with Crippen molar-refractivity contribution in [1.29, 1.82) is 0 Å². The van der Waals surface area contributed by atoms with E-state index in [1.54, 1.807) is 19.0 Å². The number of nitrogens with one attached hydrogen (secondary N) is 1. The fourth-order valence-electron chi connectivity index (χ4n) is 2.81. The normalized spacial score (nSPS) is 17.9. The number of aryl methyl sites for hydroxylation is 1. The van der Waals surface area contributed by atoms with Crippen LogP contribution < -0.4 is 5.32 Å². The number of rotatable bonds is 6. The molecule has 7 nitrogen and oxygen atoms in total. The summed E-state index contributed by atoms with van der Waals surface area (Å²) in [4.78, 5) is 20.0. The molecule has 1 N–H and O–H groups in total. The molecule has 1 aliphatic rings. The van der Waals surface area contributed by atoms with E-state index in [0.29, 0.717) is 24.1 Å². The Balaban J connectivity index is 2.03. The number of aromatic nitrogens is 1. The maximum absolute atomic E-state index is 11.9. The Hall–Kier alpha value is -1.73. The molecule has 0 saturated carbocycles. The van der Waals surface area contributed by atoms with Crippen LogP contribution in [0.15, 0.2) is 17.3 Å². The zero-order valence-corrected chi connectivity index (χ0v) is 16.9. The highest BCUT2D eigenvalue weighted by molar-refractivity contribution is 6.30. The monoisotopic (exact) mass is 383 g/mol. The van der Waals surface area contributed by atoms with E-state index in [2.05, 4.69) is 10.3 Å². The highest BCUT2D eigenvalue weighted by Gasteiger charge is 2.17. The minimum Gasteiger partial charge on any atom is -0.376 e. The number of ether oxygens (including phenoxy) is 1. The number of amides is 1. The third-order valence-electron chi connectivity index (χ3n) is 4.46. The van der Waals surface area contributed by atoms with Gasteiger partial charge in [0, 0.05) is 53.2 Å². The second-order valence-corrected chi connectivity index (χ2v) is 7.35. The molecular weight excluding hydrogens is 354 g/mol. The smallest absolute Gasteiger partial charge is 0.243 e. The molecule has 1 fully saturated rings. The average Bonchev–Trinajstić information content (AvgIpc) is 2.92. The van der Waals surface area contributed by atoms with Gasteiger partial charge in [-0.3, -0.25) is 4.79 Å². The summed E-state index contributed by atoms with van der Waals surface area (Å²) in [5.41, 5.74) is 1.07. The molecule has 0 spiro atoms. The van der Waals surface area contributed by atoms with Gasteiger partial charge in [0.05, 0.1) is 17.7 Å². The van der Waals surface area contributed by atoms with Crippen LogP contribution in [-0.2, 0) is 23.1 Å². The molecule has 0 radical (unpaired) electrons. The van der Waals surface area contributed by atoms with Crippen molar-refractivity contribution in [2.45, 2.75) is 31.9 Å². The number of carbonyl (C=O) groups excluding carboxylic acids is 1. The highest BCUT2D eigenvalue weighted by Crippen LogP contribution is 2.15. The van der Waals surface area contributed by atoms with Gasteiger partial charge in [-0.05, 0) is 25.3 Å². The summed E-state index contributed by atoms with van der Waals surface area (Å²) in [6.45, 7) is 2.25. The van der Waals surface area contributed by atoms with Crippen LogP contribution in [-0.4, -0.2) is 73.2 Å². The first kappa shape index (κ1) is 20.6. The predicted octanol–water partition coefficient (Wildman–Crippen LogP) is 1.71. The number of hydrogen-bond acceptors (Lipinski definition) is 3. The van der Waals surface area contributed by atoms with E-state index in [1.807, 2.05) is 35.8 Å². The molecule has 1 aromatic heterocycles. The lowest BCUT2D eigenvalue weighted by atomic mass is 10.1. The lowest BCUT2D eigenvalue weighted by Crippen LogP contribution is -2.44. The Labute approximate surface area is 160 Å². The maximum atomic E-state index is 11.9. The van der Waals surface area contributed by atoms with Crippen molar-refractivity contribution in [3.8, 4) is 0 Å². The first-order valence-electron chi connectivity index (χ1n) is 8.98. The standard InChI is InChI=1S/C18H30ClN5O2/c1-22(2)17(25)11-21-18(20-10-16-7-5-6-8-26-16)24(4)13-15-9-14(19)12-23(15)3/h9,12,16H,5-8,10-11,13H2,1-4H3,(H,20,21). The van der Waals surface area contributed by atoms with Gasteiger partial charge in [-0.15, -0.1) is 0 Å². The number of carbonyl (C=O) groups is 1. The van der Waals surface area contributed by atoms with Crippen molar-refractivity contribution >= 4 is 23.5 Å². The van der Waals surface area contributed by atoms with Gasteiger partial charge in [0.2, 0.25) is 5.91 Å². The number of guanidine groups is 1. The van der Waals surface area contributed by atoms with Gasteiger partial charge in [0.1, 0.15) is 6.54 Å². The van der Waals surface area contributed by atoms with E-state index in [0.717, 1.165) is 25.1 Å². The number of hydrogen-bond donors (Lipinski definition) is 1. The summed E-state index contributed by atoms with van der Waals surface area (Å²) in [5, 5.41) is 4.08. The second-order valence-electron chi connectivity index (χ2n) is 6.91. The molecule has 1 aromatic rings. The molecule has 26 heavy (non-hydrogen) atoms. The van der Waals surface area contributed by atoms with E-state index in [1.165, 1.54) is 6.42 Å². The molecule has 0 bridgehead atoms. The summed E-state index contributed by atoms with van der Waals surface area (Å²) in [7, 11) is 7.38. The summed E-state index contributed by atoms with van der Waals surface area (Å²) in [6.07, 6.45) is 5.43. The molecular formula is C18H30ClN5O2. The van der Waals surface area contributed by atoms with Gasteiger partial charge in [0.25, 0.3) is 0 Å². The van der Waals surface area contributed by atoms with Crippen LogP contribution in [0, 0.1) is 0 Å². The largest absolute Gasteiger partial charge is 0.376 e. The SMILES string of the molecule is CN(C)C(=O)CN=C(NCC1CCCCO1)N(C)Cc1cc(Cl)cn1C. The minimum atomic E-state index is -0.0338. The molecule has 2 rings (SSSR count). The maximum Gasteiger partial charge on any atom is 0.243 e. The van der Waals surface area contributed by atoms with Crippen LogP contribution in [0.2, 0.25) is 5.02 Å². The first-order valence-corrected chi connectivity index (χ1v) is 9.36. The van der Waals surface area contributed by atoms with Crippen molar-refractivity contribution in [2.24, 2.45) is 12.0 Å². The molecule has 2 heterocycles. The Kier molecular flexibility index (Phi) is 7.78. The van der Waals surface area contributed by atoms with Crippen molar-refractivity contribution in [3.63, 3.8) is 0 Å². The van der Waals surface area contributed by atoms with Crippen LogP contribution in [0.25, 0.3) is 0 Å². The van der Waals surface area contributed by atoms with Gasteiger partial charge < -0.3 is 24.4 Å². The van der Waals surface area contributed by atoms with Crippen molar-refractivity contribution in [2.75, 3.05) is 40.8 Å². The van der Waals surface area contributed by atoms with Crippen LogP contribution in [0.4, 0.5) is 0 Å². The molecule has 1 atom stereocenters. The van der Waals surface area contributed by atoms with Crippen LogP contribution >= 0.6 is 11.6 Å². The fraction of sp³-hybridized carbons (Fsp3) is 0.667. The van der Waals surface area contributed by atoms with Crippen LogP contribution in [0.1, 0.15) is 25.0 Å². The third-order valence-corrected chi connectivity index (χ3v) is 4.67. The number of likely N-dealkylation sites (N-methyl/N-ethyl adjacent to an activating group) is 1. The second kappa shape index (κ2) is 9.83. The molecule has 1 amide bonds. The summed E-state index contributed by atoms with van der Waals surface area (Å²) in [6, 6.07) is 1.94. The lowest BCUT2D eigenvalue weighted by molar-refractivity contribution is -0.127. The van der Waals surface area contributed by atoms with Crippen LogP contribution in [0.5, 0.6) is 0 Å². The Morgan fingerprint density at radius 1 is 1.42 bits per heavy atom. The van der Waals surface area contributed by atoms with Gasteiger partial charge in [-0.25, -0.2) is 4.99 Å². The minimum absolute atomic E-state index is 0.0338. The van der Waals surface area contributed by atoms with E-state index >= 15 is 0 Å². The number of aliphatic imine (C=N–C) groups is 1. The topological polar surface area (TPSA) is 62.1 Å². The lowest BCUT2D eigenvalue weighted by Gasteiger charge is -2.27. The van der Waals surface area contributed by atoms with Crippen molar-refractivity contribution in [1.82, 2.24) is 19.7 Å². The predicted molar refractivity (Wildman–Crippen MR) is 104 cm³/mol. The number of halogens is 1. The molecule has 8 heteroatoms. The quantitative estimate of drug-likeness (QED) is 0.600. The fourth-order valence-corrected chi connectivity index (χ4v) is 3.08.